The molecule has 0 radical (unpaired) electrons. The van der Waals surface area contributed by atoms with Crippen LogP contribution >= 0.6 is 0 Å². The summed E-state index contributed by atoms with van der Waals surface area (Å²) in [4.78, 5) is 16.8. The van der Waals surface area contributed by atoms with Crippen LogP contribution in [0.15, 0.2) is 36.4 Å². The highest BCUT2D eigenvalue weighted by Gasteiger charge is 2.25. The molecule has 0 spiro atoms. The third-order valence-electron chi connectivity index (χ3n) is 4.23. The number of hydrogen-bond acceptors (Lipinski definition) is 6. The molecule has 1 aliphatic heterocycles. The van der Waals surface area contributed by atoms with Gasteiger partial charge in [-0.05, 0) is 32.0 Å². The van der Waals surface area contributed by atoms with Crippen molar-refractivity contribution in [2.45, 2.75) is 13.8 Å². The van der Waals surface area contributed by atoms with E-state index in [1.54, 1.807) is 0 Å². The fourth-order valence-electron chi connectivity index (χ4n) is 2.94. The number of rotatable bonds is 6. The molecular formula is C19H24N4O3. The lowest BCUT2D eigenvalue weighted by molar-refractivity contribution is 0.0742. The third kappa shape index (κ3) is 4.04. The molecule has 1 aromatic heterocycles. The van der Waals surface area contributed by atoms with Crippen LogP contribution in [0.5, 0.6) is 11.6 Å². The Bertz CT molecular complexity index is 728. The molecule has 0 unspecified atom stereocenters. The molecule has 1 aliphatic rings. The van der Waals surface area contributed by atoms with Gasteiger partial charge in [0.25, 0.3) is 5.91 Å². The minimum absolute atomic E-state index is 0.00600. The molecule has 1 amide bonds. The Hall–Kier alpha value is -2.83. The normalized spacial score (nSPS) is 14.2. The maximum absolute atomic E-state index is 12.8. The molecule has 7 nitrogen and oxygen atoms in total. The van der Waals surface area contributed by atoms with E-state index < -0.39 is 0 Å². The van der Waals surface area contributed by atoms with Gasteiger partial charge < -0.3 is 19.3 Å². The third-order valence-corrected chi connectivity index (χ3v) is 4.23. The summed E-state index contributed by atoms with van der Waals surface area (Å²) in [5.74, 6) is 1.97. The Balaban J connectivity index is 1.62. The maximum Gasteiger partial charge on any atom is 0.257 e. The van der Waals surface area contributed by atoms with E-state index in [4.69, 9.17) is 9.47 Å². The van der Waals surface area contributed by atoms with Crippen LogP contribution in [0.4, 0.5) is 5.82 Å². The van der Waals surface area contributed by atoms with Crippen LogP contribution in [-0.4, -0.2) is 60.4 Å². The Kier molecular flexibility index (Phi) is 5.88. The standard InChI is InChI=1S/C19H24N4O3/c1-3-25-16-8-6-5-7-15(16)19(24)23-13-11-22(12-14-23)17-9-10-18(21-20-17)26-4-2/h5-10H,3-4,11-14H2,1-2H3. The first-order valence-electron chi connectivity index (χ1n) is 8.95. The quantitative estimate of drug-likeness (QED) is 0.791. The van der Waals surface area contributed by atoms with Crippen LogP contribution in [0.1, 0.15) is 24.2 Å². The molecule has 7 heteroatoms. The summed E-state index contributed by atoms with van der Waals surface area (Å²) in [6, 6.07) is 11.1. The first kappa shape index (κ1) is 18.0. The van der Waals surface area contributed by atoms with Crippen molar-refractivity contribution in [3.8, 4) is 11.6 Å². The van der Waals surface area contributed by atoms with Gasteiger partial charge in [-0.1, -0.05) is 12.1 Å². The highest BCUT2D eigenvalue weighted by atomic mass is 16.5. The second-order valence-corrected chi connectivity index (χ2v) is 5.87. The molecule has 0 saturated carbocycles. The van der Waals surface area contributed by atoms with Gasteiger partial charge in [0.15, 0.2) is 5.82 Å². The predicted molar refractivity (Wildman–Crippen MR) is 98.9 cm³/mol. The molecule has 26 heavy (non-hydrogen) atoms. The summed E-state index contributed by atoms with van der Waals surface area (Å²) in [7, 11) is 0. The van der Waals surface area contributed by atoms with Crippen LogP contribution in [0.25, 0.3) is 0 Å². The fraction of sp³-hybridized carbons (Fsp3) is 0.421. The Labute approximate surface area is 153 Å². The molecule has 1 saturated heterocycles. The summed E-state index contributed by atoms with van der Waals surface area (Å²) in [6.45, 7) is 7.62. The second-order valence-electron chi connectivity index (χ2n) is 5.87. The minimum atomic E-state index is 0.00600. The summed E-state index contributed by atoms with van der Waals surface area (Å²) in [6.07, 6.45) is 0. The van der Waals surface area contributed by atoms with Crippen molar-refractivity contribution < 1.29 is 14.3 Å². The van der Waals surface area contributed by atoms with Crippen molar-refractivity contribution in [3.05, 3.63) is 42.0 Å². The number of aromatic nitrogens is 2. The van der Waals surface area contributed by atoms with Crippen LogP contribution in [0, 0.1) is 0 Å². The molecule has 0 aliphatic carbocycles. The summed E-state index contributed by atoms with van der Waals surface area (Å²) < 4.78 is 10.9. The Morgan fingerprint density at radius 2 is 1.69 bits per heavy atom. The fourth-order valence-corrected chi connectivity index (χ4v) is 2.94. The van der Waals surface area contributed by atoms with E-state index in [1.807, 2.05) is 55.1 Å². The second kappa shape index (κ2) is 8.51. The average Bonchev–Trinajstić information content (AvgIpc) is 2.69. The molecule has 2 aromatic rings. The number of carbonyl (C=O) groups excluding carboxylic acids is 1. The number of carbonyl (C=O) groups is 1. The lowest BCUT2D eigenvalue weighted by atomic mass is 10.1. The van der Waals surface area contributed by atoms with Crippen LogP contribution < -0.4 is 14.4 Å². The average molecular weight is 356 g/mol. The number of anilines is 1. The molecule has 0 bridgehead atoms. The Morgan fingerprint density at radius 3 is 2.35 bits per heavy atom. The zero-order valence-electron chi connectivity index (χ0n) is 15.2. The monoisotopic (exact) mass is 356 g/mol. The Morgan fingerprint density at radius 1 is 0.962 bits per heavy atom. The lowest BCUT2D eigenvalue weighted by Crippen LogP contribution is -2.49. The molecule has 1 aromatic carbocycles. The number of para-hydroxylation sites is 1. The largest absolute Gasteiger partial charge is 0.493 e. The van der Waals surface area contributed by atoms with Crippen molar-refractivity contribution in [1.29, 1.82) is 0 Å². The van der Waals surface area contributed by atoms with Gasteiger partial charge in [0.05, 0.1) is 18.8 Å². The number of amides is 1. The van der Waals surface area contributed by atoms with Gasteiger partial charge in [-0.25, -0.2) is 0 Å². The molecule has 1 fully saturated rings. The van der Waals surface area contributed by atoms with Crippen LogP contribution in [-0.2, 0) is 0 Å². The van der Waals surface area contributed by atoms with E-state index in [-0.39, 0.29) is 5.91 Å². The first-order chi connectivity index (χ1) is 12.7. The van der Waals surface area contributed by atoms with Crippen molar-refractivity contribution in [2.24, 2.45) is 0 Å². The number of hydrogen-bond donors (Lipinski definition) is 0. The smallest absolute Gasteiger partial charge is 0.257 e. The zero-order chi connectivity index (χ0) is 18.4. The number of piperazine rings is 1. The lowest BCUT2D eigenvalue weighted by Gasteiger charge is -2.35. The molecule has 2 heterocycles. The minimum Gasteiger partial charge on any atom is -0.493 e. The maximum atomic E-state index is 12.8. The van der Waals surface area contributed by atoms with E-state index in [1.165, 1.54) is 0 Å². The van der Waals surface area contributed by atoms with Gasteiger partial charge in [-0.2, -0.15) is 0 Å². The van der Waals surface area contributed by atoms with E-state index >= 15 is 0 Å². The zero-order valence-corrected chi connectivity index (χ0v) is 15.2. The molecule has 3 rings (SSSR count). The van der Waals surface area contributed by atoms with Gasteiger partial charge in [0.1, 0.15) is 5.75 Å². The van der Waals surface area contributed by atoms with Gasteiger partial charge >= 0.3 is 0 Å². The van der Waals surface area contributed by atoms with E-state index in [0.29, 0.717) is 56.6 Å². The van der Waals surface area contributed by atoms with Crippen molar-refractivity contribution >= 4 is 11.7 Å². The van der Waals surface area contributed by atoms with Crippen molar-refractivity contribution in [1.82, 2.24) is 15.1 Å². The van der Waals surface area contributed by atoms with E-state index in [2.05, 4.69) is 15.1 Å². The molecule has 0 atom stereocenters. The summed E-state index contributed by atoms with van der Waals surface area (Å²) in [5.41, 5.74) is 0.614. The molecule has 0 N–H and O–H groups in total. The number of benzene rings is 1. The van der Waals surface area contributed by atoms with E-state index in [9.17, 15) is 4.79 Å². The van der Waals surface area contributed by atoms with Crippen molar-refractivity contribution in [2.75, 3.05) is 44.3 Å². The van der Waals surface area contributed by atoms with Crippen LogP contribution in [0.2, 0.25) is 0 Å². The van der Waals surface area contributed by atoms with Crippen molar-refractivity contribution in [3.63, 3.8) is 0 Å². The van der Waals surface area contributed by atoms with Gasteiger partial charge in [0, 0.05) is 32.2 Å². The number of nitrogens with zero attached hydrogens (tertiary/aromatic N) is 4. The summed E-state index contributed by atoms with van der Waals surface area (Å²) >= 11 is 0. The topological polar surface area (TPSA) is 67.8 Å². The van der Waals surface area contributed by atoms with Gasteiger partial charge in [-0.15, -0.1) is 10.2 Å². The number of ether oxygens (including phenoxy) is 2. The van der Waals surface area contributed by atoms with Gasteiger partial charge in [-0.3, -0.25) is 4.79 Å². The SMILES string of the molecule is CCOc1ccc(N2CCN(C(=O)c3ccccc3OCC)CC2)nn1. The highest BCUT2D eigenvalue weighted by Crippen LogP contribution is 2.22. The van der Waals surface area contributed by atoms with E-state index in [0.717, 1.165) is 5.82 Å². The molecular weight excluding hydrogens is 332 g/mol. The van der Waals surface area contributed by atoms with Gasteiger partial charge in [0.2, 0.25) is 5.88 Å². The summed E-state index contributed by atoms with van der Waals surface area (Å²) in [5, 5.41) is 8.28. The first-order valence-corrected chi connectivity index (χ1v) is 8.95. The van der Waals surface area contributed by atoms with Crippen LogP contribution in [0.3, 0.4) is 0 Å². The molecule has 138 valence electrons. The predicted octanol–water partition coefficient (Wildman–Crippen LogP) is 2.24. The highest BCUT2D eigenvalue weighted by molar-refractivity contribution is 5.97.